The van der Waals surface area contributed by atoms with Crippen LogP contribution in [0.3, 0.4) is 0 Å². The minimum atomic E-state index is -0.506. The highest BCUT2D eigenvalue weighted by atomic mass is 32.1. The summed E-state index contributed by atoms with van der Waals surface area (Å²) >= 11 is 3.13. The molecule has 0 N–H and O–H groups in total. The summed E-state index contributed by atoms with van der Waals surface area (Å²) in [4.78, 5) is 31.6. The molecule has 0 unspecified atom stereocenters. The molecule has 0 radical (unpaired) electrons. The first kappa shape index (κ1) is 15.6. The molecule has 7 nitrogen and oxygen atoms in total. The maximum absolute atomic E-state index is 12.6. The number of nitrogens with zero attached hydrogens (tertiary/aromatic N) is 4. The smallest absolute Gasteiger partial charge is 0.271 e. The summed E-state index contributed by atoms with van der Waals surface area (Å²) in [5.74, 6) is 0. The van der Waals surface area contributed by atoms with Crippen molar-refractivity contribution in [2.45, 2.75) is 6.54 Å². The van der Waals surface area contributed by atoms with Gasteiger partial charge in [0.1, 0.15) is 5.01 Å². The highest BCUT2D eigenvalue weighted by Gasteiger charge is 2.12. The molecule has 4 rings (SSSR count). The molecule has 0 spiro atoms. The minimum absolute atomic E-state index is 0.0861. The lowest BCUT2D eigenvalue weighted by molar-refractivity contribution is -0.384. The molecule has 9 heteroatoms. The zero-order valence-corrected chi connectivity index (χ0v) is 14.3. The van der Waals surface area contributed by atoms with Crippen molar-refractivity contribution >= 4 is 39.3 Å². The van der Waals surface area contributed by atoms with Gasteiger partial charge in [0.2, 0.25) is 0 Å². The molecule has 3 aromatic heterocycles. The molecule has 3 heterocycles. The van der Waals surface area contributed by atoms with Gasteiger partial charge in [0.05, 0.1) is 34.4 Å². The summed E-state index contributed by atoms with van der Waals surface area (Å²) in [7, 11) is 0. The number of thiophene rings is 1. The van der Waals surface area contributed by atoms with E-state index in [1.165, 1.54) is 40.4 Å². The Bertz CT molecular complexity index is 1130. The van der Waals surface area contributed by atoms with Crippen molar-refractivity contribution in [3.8, 4) is 10.6 Å². The lowest BCUT2D eigenvalue weighted by Gasteiger charge is -2.04. The molecule has 25 heavy (non-hydrogen) atoms. The molecule has 124 valence electrons. The molecule has 4 aromatic rings. The van der Waals surface area contributed by atoms with E-state index >= 15 is 0 Å². The fourth-order valence-electron chi connectivity index (χ4n) is 2.45. The number of hydrogen-bond acceptors (Lipinski definition) is 7. The number of benzene rings is 1. The number of thiazole rings is 1. The molecule has 0 aliphatic carbocycles. The van der Waals surface area contributed by atoms with E-state index in [0.29, 0.717) is 17.4 Å². The van der Waals surface area contributed by atoms with Crippen molar-refractivity contribution in [3.63, 3.8) is 0 Å². The van der Waals surface area contributed by atoms with Crippen LogP contribution in [0, 0.1) is 10.1 Å². The van der Waals surface area contributed by atoms with Crippen LogP contribution in [-0.2, 0) is 6.54 Å². The number of non-ortho nitro benzene ring substituents is 1. The number of nitro groups is 1. The lowest BCUT2D eigenvalue weighted by Crippen LogP contribution is -2.21. The largest absolute Gasteiger partial charge is 0.293 e. The molecule has 1 aromatic carbocycles. The number of aromatic nitrogens is 3. The van der Waals surface area contributed by atoms with E-state index in [0.717, 1.165) is 16.3 Å². The number of hydrogen-bond donors (Lipinski definition) is 0. The Morgan fingerprint density at radius 3 is 2.88 bits per heavy atom. The molecule has 0 saturated carbocycles. The second kappa shape index (κ2) is 6.19. The van der Waals surface area contributed by atoms with Crippen molar-refractivity contribution in [1.82, 2.24) is 14.5 Å². The van der Waals surface area contributed by atoms with Gasteiger partial charge in [-0.25, -0.2) is 9.97 Å². The fourth-order valence-corrected chi connectivity index (χ4v) is 3.97. The van der Waals surface area contributed by atoms with Gasteiger partial charge in [-0.2, -0.15) is 11.3 Å². The highest BCUT2D eigenvalue weighted by Crippen LogP contribution is 2.26. The third-order valence-corrected chi connectivity index (χ3v) is 5.30. The van der Waals surface area contributed by atoms with Gasteiger partial charge >= 0.3 is 0 Å². The third kappa shape index (κ3) is 2.94. The molecule has 0 amide bonds. The standard InChI is InChI=1S/C16H10N4O3S2/c21-16-13-2-1-12(20(22)23)5-14(13)17-9-19(16)6-11-8-25-15(18-11)10-3-4-24-7-10/h1-5,7-9H,6H2. The van der Waals surface area contributed by atoms with Crippen LogP contribution in [0.1, 0.15) is 5.69 Å². The van der Waals surface area contributed by atoms with E-state index in [2.05, 4.69) is 9.97 Å². The Morgan fingerprint density at radius 2 is 2.12 bits per heavy atom. The Balaban J connectivity index is 1.68. The Labute approximate surface area is 149 Å². The van der Waals surface area contributed by atoms with Crippen LogP contribution in [0.4, 0.5) is 5.69 Å². The van der Waals surface area contributed by atoms with Gasteiger partial charge in [0.25, 0.3) is 11.2 Å². The Kier molecular flexibility index (Phi) is 3.86. The monoisotopic (exact) mass is 370 g/mol. The zero-order chi connectivity index (χ0) is 17.4. The van der Waals surface area contributed by atoms with Crippen LogP contribution in [0.15, 0.2) is 51.5 Å². The SMILES string of the molecule is O=c1c2ccc([N+](=O)[O-])cc2ncn1Cc1csc(-c2ccsc2)n1. The quantitative estimate of drug-likeness (QED) is 0.405. The van der Waals surface area contributed by atoms with Crippen molar-refractivity contribution in [2.24, 2.45) is 0 Å². The van der Waals surface area contributed by atoms with Crippen LogP contribution in [0.2, 0.25) is 0 Å². The van der Waals surface area contributed by atoms with Crippen molar-refractivity contribution in [3.05, 3.63) is 72.9 Å². The van der Waals surface area contributed by atoms with E-state index in [1.807, 2.05) is 22.2 Å². The van der Waals surface area contributed by atoms with E-state index in [4.69, 9.17) is 0 Å². The van der Waals surface area contributed by atoms with Crippen molar-refractivity contribution < 1.29 is 4.92 Å². The average molecular weight is 370 g/mol. The average Bonchev–Trinajstić information content (AvgIpc) is 3.28. The third-order valence-electron chi connectivity index (χ3n) is 3.67. The molecular formula is C16H10N4O3S2. The van der Waals surface area contributed by atoms with Crippen LogP contribution >= 0.6 is 22.7 Å². The summed E-state index contributed by atoms with van der Waals surface area (Å²) in [6.45, 7) is 0.305. The van der Waals surface area contributed by atoms with Gasteiger partial charge in [-0.05, 0) is 17.5 Å². The molecule has 0 atom stereocenters. The van der Waals surface area contributed by atoms with E-state index < -0.39 is 4.92 Å². The summed E-state index contributed by atoms with van der Waals surface area (Å²) in [6.07, 6.45) is 1.40. The second-order valence-corrected chi connectivity index (χ2v) is 6.93. The van der Waals surface area contributed by atoms with E-state index in [-0.39, 0.29) is 11.2 Å². The lowest BCUT2D eigenvalue weighted by atomic mass is 10.2. The zero-order valence-electron chi connectivity index (χ0n) is 12.7. The van der Waals surface area contributed by atoms with Gasteiger partial charge in [-0.3, -0.25) is 19.5 Å². The Morgan fingerprint density at radius 1 is 1.24 bits per heavy atom. The predicted molar refractivity (Wildman–Crippen MR) is 97.2 cm³/mol. The molecular weight excluding hydrogens is 360 g/mol. The molecule has 0 saturated heterocycles. The maximum atomic E-state index is 12.6. The van der Waals surface area contributed by atoms with Gasteiger partial charge in [0.15, 0.2) is 0 Å². The maximum Gasteiger partial charge on any atom is 0.271 e. The normalized spacial score (nSPS) is 11.0. The summed E-state index contributed by atoms with van der Waals surface area (Å²) in [5, 5.41) is 18.0. The van der Waals surface area contributed by atoms with Crippen LogP contribution in [0.5, 0.6) is 0 Å². The Hall–Kier alpha value is -2.91. The van der Waals surface area contributed by atoms with Crippen LogP contribution in [-0.4, -0.2) is 19.5 Å². The first-order chi connectivity index (χ1) is 12.1. The topological polar surface area (TPSA) is 90.9 Å². The number of fused-ring (bicyclic) bond motifs is 1. The summed E-state index contributed by atoms with van der Waals surface area (Å²) in [5.41, 5.74) is 1.82. The van der Waals surface area contributed by atoms with Gasteiger partial charge < -0.3 is 0 Å². The number of rotatable bonds is 4. The van der Waals surface area contributed by atoms with Gasteiger partial charge in [0, 0.05) is 28.5 Å². The van der Waals surface area contributed by atoms with Crippen molar-refractivity contribution in [1.29, 1.82) is 0 Å². The van der Waals surface area contributed by atoms with Crippen molar-refractivity contribution in [2.75, 3.05) is 0 Å². The first-order valence-corrected chi connectivity index (χ1v) is 9.04. The summed E-state index contributed by atoms with van der Waals surface area (Å²) < 4.78 is 1.46. The first-order valence-electron chi connectivity index (χ1n) is 7.22. The molecule has 0 bridgehead atoms. The molecule has 0 aliphatic rings. The second-order valence-electron chi connectivity index (χ2n) is 5.29. The minimum Gasteiger partial charge on any atom is -0.293 e. The van der Waals surface area contributed by atoms with Gasteiger partial charge in [-0.1, -0.05) is 0 Å². The molecule has 0 fully saturated rings. The number of nitro benzene ring substituents is 1. The van der Waals surface area contributed by atoms with Crippen LogP contribution < -0.4 is 5.56 Å². The summed E-state index contributed by atoms with van der Waals surface area (Å²) in [6, 6.07) is 6.06. The van der Waals surface area contributed by atoms with Gasteiger partial charge in [-0.15, -0.1) is 11.3 Å². The predicted octanol–water partition coefficient (Wildman–Crippen LogP) is 3.54. The van der Waals surface area contributed by atoms with Crippen LogP contribution in [0.25, 0.3) is 21.5 Å². The highest BCUT2D eigenvalue weighted by molar-refractivity contribution is 7.14. The van der Waals surface area contributed by atoms with E-state index in [1.54, 1.807) is 11.3 Å². The molecule has 0 aliphatic heterocycles. The van der Waals surface area contributed by atoms with E-state index in [9.17, 15) is 14.9 Å². The fraction of sp³-hybridized carbons (Fsp3) is 0.0625.